The summed E-state index contributed by atoms with van der Waals surface area (Å²) in [6.45, 7) is 1.69. The van der Waals surface area contributed by atoms with Gasteiger partial charge in [-0.2, -0.15) is 13.2 Å². The number of aromatic nitrogens is 1. The first-order chi connectivity index (χ1) is 10.0. The van der Waals surface area contributed by atoms with E-state index in [1.165, 1.54) is 6.07 Å². The average molecular weight is 300 g/mol. The summed E-state index contributed by atoms with van der Waals surface area (Å²) in [5, 5.41) is 6.90. The fraction of sp³-hybridized carbons (Fsp3) is 0.357. The number of methoxy groups -OCH3 is 1. The van der Waals surface area contributed by atoms with Crippen molar-refractivity contribution in [3.63, 3.8) is 0 Å². The molecule has 0 bridgehead atoms. The van der Waals surface area contributed by atoms with Gasteiger partial charge in [0.05, 0.1) is 17.9 Å². The summed E-state index contributed by atoms with van der Waals surface area (Å²) in [4.78, 5) is 0. The Balaban J connectivity index is 2.07. The lowest BCUT2D eigenvalue weighted by molar-refractivity contribution is -0.137. The van der Waals surface area contributed by atoms with E-state index >= 15 is 0 Å². The van der Waals surface area contributed by atoms with Crippen molar-refractivity contribution in [1.29, 1.82) is 0 Å². The summed E-state index contributed by atoms with van der Waals surface area (Å²) in [6.07, 6.45) is -4.37. The van der Waals surface area contributed by atoms with Gasteiger partial charge >= 0.3 is 6.18 Å². The van der Waals surface area contributed by atoms with Crippen LogP contribution in [0.2, 0.25) is 0 Å². The molecule has 1 N–H and O–H groups in total. The molecule has 1 aromatic heterocycles. The molecular formula is C14H15F3N2O2. The quantitative estimate of drug-likeness (QED) is 0.833. The van der Waals surface area contributed by atoms with Crippen LogP contribution >= 0.6 is 0 Å². The van der Waals surface area contributed by atoms with E-state index in [1.807, 2.05) is 0 Å². The van der Waals surface area contributed by atoms with Crippen molar-refractivity contribution in [1.82, 2.24) is 10.5 Å². The second kappa shape index (κ2) is 6.73. The second-order valence-electron chi connectivity index (χ2n) is 4.43. The maximum atomic E-state index is 12.7. The number of halogens is 3. The van der Waals surface area contributed by atoms with E-state index in [2.05, 4.69) is 10.5 Å². The van der Waals surface area contributed by atoms with Crippen molar-refractivity contribution >= 4 is 0 Å². The van der Waals surface area contributed by atoms with Crippen LogP contribution < -0.4 is 5.32 Å². The Kier molecular flexibility index (Phi) is 4.98. The molecule has 0 aliphatic rings. The molecule has 2 aromatic rings. The van der Waals surface area contributed by atoms with E-state index in [9.17, 15) is 13.2 Å². The zero-order valence-corrected chi connectivity index (χ0v) is 11.4. The fourth-order valence-electron chi connectivity index (χ4n) is 1.77. The molecule has 0 saturated heterocycles. The lowest BCUT2D eigenvalue weighted by atomic mass is 10.1. The smallest absolute Gasteiger partial charge is 0.383 e. The first kappa shape index (κ1) is 15.5. The van der Waals surface area contributed by atoms with E-state index in [0.29, 0.717) is 36.7 Å². The van der Waals surface area contributed by atoms with Crippen LogP contribution in [0.3, 0.4) is 0 Å². The highest BCUT2D eigenvalue weighted by Gasteiger charge is 2.30. The third kappa shape index (κ3) is 4.30. The summed E-state index contributed by atoms with van der Waals surface area (Å²) in [7, 11) is 1.60. The number of alkyl halides is 3. The molecule has 0 saturated carbocycles. The van der Waals surface area contributed by atoms with Crippen LogP contribution in [0.1, 0.15) is 11.3 Å². The van der Waals surface area contributed by atoms with Gasteiger partial charge in [-0.25, -0.2) is 0 Å². The molecule has 7 heteroatoms. The van der Waals surface area contributed by atoms with Crippen molar-refractivity contribution in [3.8, 4) is 11.3 Å². The Hall–Kier alpha value is -1.86. The third-order valence-electron chi connectivity index (χ3n) is 2.82. The number of rotatable bonds is 6. The molecule has 1 heterocycles. The third-order valence-corrected chi connectivity index (χ3v) is 2.82. The molecule has 0 atom stereocenters. The predicted molar refractivity (Wildman–Crippen MR) is 70.5 cm³/mol. The molecule has 2 rings (SSSR count). The van der Waals surface area contributed by atoms with Gasteiger partial charge in [0.25, 0.3) is 0 Å². The minimum absolute atomic E-state index is 0.310. The van der Waals surface area contributed by atoms with E-state index in [-0.39, 0.29) is 0 Å². The molecule has 4 nitrogen and oxygen atoms in total. The largest absolute Gasteiger partial charge is 0.416 e. The van der Waals surface area contributed by atoms with Crippen molar-refractivity contribution < 1.29 is 22.4 Å². The summed E-state index contributed by atoms with van der Waals surface area (Å²) < 4.78 is 48.0. The highest BCUT2D eigenvalue weighted by atomic mass is 19.4. The highest BCUT2D eigenvalue weighted by molar-refractivity contribution is 5.58. The minimum atomic E-state index is -4.37. The molecule has 0 amide bonds. The standard InChI is InChI=1S/C14H15F3N2O2/c1-20-6-5-18-9-12-8-13(21-19-12)10-3-2-4-11(7-10)14(15,16)17/h2-4,7-8,18H,5-6,9H2,1H3. The lowest BCUT2D eigenvalue weighted by Crippen LogP contribution is -2.18. The van der Waals surface area contributed by atoms with Crippen LogP contribution in [0.4, 0.5) is 13.2 Å². The van der Waals surface area contributed by atoms with E-state index in [1.54, 1.807) is 19.2 Å². The Morgan fingerprint density at radius 3 is 2.81 bits per heavy atom. The minimum Gasteiger partial charge on any atom is -0.383 e. The topological polar surface area (TPSA) is 47.3 Å². The second-order valence-corrected chi connectivity index (χ2v) is 4.43. The molecular weight excluding hydrogens is 285 g/mol. The number of hydrogen-bond donors (Lipinski definition) is 1. The van der Waals surface area contributed by atoms with Gasteiger partial charge in [-0.15, -0.1) is 0 Å². The number of nitrogens with zero attached hydrogens (tertiary/aromatic N) is 1. The molecule has 0 radical (unpaired) electrons. The summed E-state index contributed by atoms with van der Waals surface area (Å²) in [6, 6.07) is 6.58. The zero-order chi connectivity index (χ0) is 15.3. The van der Waals surface area contributed by atoms with Gasteiger partial charge in [0.1, 0.15) is 0 Å². The molecule has 1 aromatic carbocycles. The Morgan fingerprint density at radius 1 is 1.29 bits per heavy atom. The van der Waals surface area contributed by atoms with Gasteiger partial charge in [-0.1, -0.05) is 17.3 Å². The van der Waals surface area contributed by atoms with Crippen molar-refractivity contribution in [3.05, 3.63) is 41.6 Å². The zero-order valence-electron chi connectivity index (χ0n) is 11.4. The monoisotopic (exact) mass is 300 g/mol. The lowest BCUT2D eigenvalue weighted by Gasteiger charge is -2.06. The van der Waals surface area contributed by atoms with Crippen LogP contribution in [0, 0.1) is 0 Å². The van der Waals surface area contributed by atoms with Crippen molar-refractivity contribution in [2.75, 3.05) is 20.3 Å². The molecule has 0 unspecified atom stereocenters. The van der Waals surface area contributed by atoms with Crippen LogP contribution in [0.25, 0.3) is 11.3 Å². The normalized spacial score (nSPS) is 11.8. The van der Waals surface area contributed by atoms with Gasteiger partial charge in [-0.3, -0.25) is 0 Å². The predicted octanol–water partition coefficient (Wildman–Crippen LogP) is 3.10. The van der Waals surface area contributed by atoms with E-state index < -0.39 is 11.7 Å². The molecule has 0 aliphatic carbocycles. The van der Waals surface area contributed by atoms with Crippen LogP contribution in [0.5, 0.6) is 0 Å². The maximum absolute atomic E-state index is 12.7. The molecule has 114 valence electrons. The summed E-state index contributed by atoms with van der Waals surface area (Å²) in [5.41, 5.74) is 0.259. The van der Waals surface area contributed by atoms with Crippen LogP contribution in [0.15, 0.2) is 34.9 Å². The van der Waals surface area contributed by atoms with Gasteiger partial charge in [-0.05, 0) is 12.1 Å². The van der Waals surface area contributed by atoms with E-state index in [0.717, 1.165) is 12.1 Å². The summed E-state index contributed by atoms with van der Waals surface area (Å²) in [5.74, 6) is 0.310. The Morgan fingerprint density at radius 2 is 2.10 bits per heavy atom. The highest BCUT2D eigenvalue weighted by Crippen LogP contribution is 2.32. The van der Waals surface area contributed by atoms with Gasteiger partial charge < -0.3 is 14.6 Å². The Labute approximate surface area is 119 Å². The van der Waals surface area contributed by atoms with Crippen molar-refractivity contribution in [2.24, 2.45) is 0 Å². The number of nitrogens with one attached hydrogen (secondary N) is 1. The SMILES string of the molecule is COCCNCc1cc(-c2cccc(C(F)(F)F)c2)on1. The Bertz CT molecular complexity index is 582. The van der Waals surface area contributed by atoms with Crippen LogP contribution in [-0.4, -0.2) is 25.4 Å². The maximum Gasteiger partial charge on any atom is 0.416 e. The molecule has 0 fully saturated rings. The number of ether oxygens (including phenoxy) is 1. The number of hydrogen-bond acceptors (Lipinski definition) is 4. The van der Waals surface area contributed by atoms with Gasteiger partial charge in [0.2, 0.25) is 0 Å². The first-order valence-corrected chi connectivity index (χ1v) is 6.33. The number of benzene rings is 1. The van der Waals surface area contributed by atoms with Crippen LogP contribution in [-0.2, 0) is 17.5 Å². The van der Waals surface area contributed by atoms with Gasteiger partial charge in [0.15, 0.2) is 5.76 Å². The first-order valence-electron chi connectivity index (χ1n) is 6.33. The molecule has 0 spiro atoms. The summed E-state index contributed by atoms with van der Waals surface area (Å²) >= 11 is 0. The molecule has 21 heavy (non-hydrogen) atoms. The van der Waals surface area contributed by atoms with Gasteiger partial charge in [0, 0.05) is 31.8 Å². The average Bonchev–Trinajstić information content (AvgIpc) is 2.92. The fourth-order valence-corrected chi connectivity index (χ4v) is 1.77. The van der Waals surface area contributed by atoms with E-state index in [4.69, 9.17) is 9.26 Å². The molecule has 0 aliphatic heterocycles. The van der Waals surface area contributed by atoms with Crippen molar-refractivity contribution in [2.45, 2.75) is 12.7 Å².